The SMILES string of the molecule is CCOc1nc2cccc(C(=O)OC)c2n1Cc1ccc(-c2ccccc2-c2nnnn2Cc2ccc(OC)cc2)cc1. The zero-order valence-electron chi connectivity index (χ0n) is 24.1. The van der Waals surface area contributed by atoms with Gasteiger partial charge in [-0.3, -0.25) is 4.57 Å². The van der Waals surface area contributed by atoms with E-state index in [-0.39, 0.29) is 0 Å². The number of para-hydroxylation sites is 1. The molecule has 6 rings (SSSR count). The molecule has 216 valence electrons. The molecule has 0 aliphatic rings. The van der Waals surface area contributed by atoms with Crippen molar-refractivity contribution in [1.82, 2.24) is 29.8 Å². The highest BCUT2D eigenvalue weighted by atomic mass is 16.5. The third-order valence-corrected chi connectivity index (χ3v) is 7.21. The quantitative estimate of drug-likeness (QED) is 0.193. The average Bonchev–Trinajstić information content (AvgIpc) is 3.65. The summed E-state index contributed by atoms with van der Waals surface area (Å²) in [4.78, 5) is 17.2. The van der Waals surface area contributed by atoms with Crippen LogP contribution in [0.3, 0.4) is 0 Å². The zero-order valence-corrected chi connectivity index (χ0v) is 24.1. The lowest BCUT2D eigenvalue weighted by Gasteiger charge is -2.13. The normalized spacial score (nSPS) is 11.0. The Morgan fingerprint density at radius 3 is 2.26 bits per heavy atom. The first-order chi connectivity index (χ1) is 21.1. The van der Waals surface area contributed by atoms with E-state index in [0.29, 0.717) is 48.1 Å². The van der Waals surface area contributed by atoms with E-state index >= 15 is 0 Å². The fraction of sp³-hybridized carbons (Fsp3) is 0.182. The van der Waals surface area contributed by atoms with E-state index in [4.69, 9.17) is 14.2 Å². The number of ether oxygens (including phenoxy) is 3. The second kappa shape index (κ2) is 12.2. The van der Waals surface area contributed by atoms with E-state index < -0.39 is 5.97 Å². The highest BCUT2D eigenvalue weighted by Gasteiger charge is 2.20. The van der Waals surface area contributed by atoms with E-state index in [2.05, 4.69) is 50.8 Å². The lowest BCUT2D eigenvalue weighted by atomic mass is 9.98. The van der Waals surface area contributed by atoms with Crippen LogP contribution in [0.5, 0.6) is 11.8 Å². The van der Waals surface area contributed by atoms with Crippen LogP contribution in [0.4, 0.5) is 0 Å². The van der Waals surface area contributed by atoms with E-state index in [1.165, 1.54) is 7.11 Å². The summed E-state index contributed by atoms with van der Waals surface area (Å²) in [5, 5.41) is 12.6. The summed E-state index contributed by atoms with van der Waals surface area (Å²) in [5.74, 6) is 1.06. The third kappa shape index (κ3) is 5.54. The number of esters is 1. The number of rotatable bonds is 10. The molecular weight excluding hydrogens is 544 g/mol. The van der Waals surface area contributed by atoms with Gasteiger partial charge in [0.1, 0.15) is 5.75 Å². The van der Waals surface area contributed by atoms with Gasteiger partial charge in [0.2, 0.25) is 0 Å². The number of nitrogens with zero attached hydrogens (tertiary/aromatic N) is 6. The van der Waals surface area contributed by atoms with Crippen molar-refractivity contribution < 1.29 is 19.0 Å². The fourth-order valence-electron chi connectivity index (χ4n) is 5.13. The number of carbonyl (C=O) groups is 1. The lowest BCUT2D eigenvalue weighted by Crippen LogP contribution is -2.09. The van der Waals surface area contributed by atoms with Gasteiger partial charge in [0.25, 0.3) is 6.01 Å². The molecular formula is C33H30N6O4. The monoisotopic (exact) mass is 574 g/mol. The fourth-order valence-corrected chi connectivity index (χ4v) is 5.13. The van der Waals surface area contributed by atoms with Gasteiger partial charge in [-0.1, -0.05) is 66.7 Å². The van der Waals surface area contributed by atoms with E-state index in [9.17, 15) is 4.79 Å². The second-order valence-electron chi connectivity index (χ2n) is 9.83. The van der Waals surface area contributed by atoms with Crippen molar-refractivity contribution in [2.75, 3.05) is 20.8 Å². The Kier molecular flexibility index (Phi) is 7.82. The summed E-state index contributed by atoms with van der Waals surface area (Å²) in [7, 11) is 3.02. The molecule has 0 unspecified atom stereocenters. The Bertz CT molecular complexity index is 1880. The van der Waals surface area contributed by atoms with Crippen molar-refractivity contribution in [2.24, 2.45) is 0 Å². The largest absolute Gasteiger partial charge is 0.497 e. The Morgan fingerprint density at radius 1 is 0.814 bits per heavy atom. The summed E-state index contributed by atoms with van der Waals surface area (Å²) < 4.78 is 19.9. The molecule has 0 saturated carbocycles. The van der Waals surface area contributed by atoms with Gasteiger partial charge in [0.05, 0.1) is 50.5 Å². The highest BCUT2D eigenvalue weighted by Crippen LogP contribution is 2.32. The number of benzene rings is 4. The number of aromatic nitrogens is 6. The van der Waals surface area contributed by atoms with Gasteiger partial charge in [0.15, 0.2) is 5.82 Å². The Labute approximate surface area is 248 Å². The van der Waals surface area contributed by atoms with E-state index in [1.807, 2.05) is 60.0 Å². The molecule has 0 fully saturated rings. The number of imidazole rings is 1. The van der Waals surface area contributed by atoms with Gasteiger partial charge in [-0.25, -0.2) is 9.48 Å². The van der Waals surface area contributed by atoms with Crippen LogP contribution in [0.25, 0.3) is 33.5 Å². The molecule has 0 aliphatic heterocycles. The number of hydrogen-bond acceptors (Lipinski definition) is 8. The number of hydrogen-bond donors (Lipinski definition) is 0. The summed E-state index contributed by atoms with van der Waals surface area (Å²) in [6.07, 6.45) is 0. The van der Waals surface area contributed by atoms with Gasteiger partial charge in [-0.05, 0) is 63.9 Å². The molecule has 2 aromatic heterocycles. The van der Waals surface area contributed by atoms with Gasteiger partial charge in [-0.2, -0.15) is 4.98 Å². The highest BCUT2D eigenvalue weighted by molar-refractivity contribution is 6.02. The molecule has 0 atom stereocenters. The molecule has 2 heterocycles. The molecule has 0 radical (unpaired) electrons. The predicted molar refractivity (Wildman–Crippen MR) is 162 cm³/mol. The maximum absolute atomic E-state index is 12.6. The minimum Gasteiger partial charge on any atom is -0.497 e. The first kappa shape index (κ1) is 27.6. The Hall–Kier alpha value is -5.51. The summed E-state index contributed by atoms with van der Waals surface area (Å²) >= 11 is 0. The molecule has 4 aromatic carbocycles. The van der Waals surface area contributed by atoms with Crippen LogP contribution in [0.1, 0.15) is 28.4 Å². The summed E-state index contributed by atoms with van der Waals surface area (Å²) in [5.41, 5.74) is 6.83. The van der Waals surface area contributed by atoms with Crippen molar-refractivity contribution in [1.29, 1.82) is 0 Å². The Balaban J connectivity index is 1.31. The number of carbonyl (C=O) groups excluding carboxylic acids is 1. The first-order valence-electron chi connectivity index (χ1n) is 13.9. The lowest BCUT2D eigenvalue weighted by molar-refractivity contribution is 0.0602. The number of fused-ring (bicyclic) bond motifs is 1. The van der Waals surface area contributed by atoms with Crippen LogP contribution >= 0.6 is 0 Å². The predicted octanol–water partition coefficient (Wildman–Crippen LogP) is 5.65. The Morgan fingerprint density at radius 2 is 1.53 bits per heavy atom. The van der Waals surface area contributed by atoms with Crippen LogP contribution in [-0.2, 0) is 17.8 Å². The van der Waals surface area contributed by atoms with Crippen molar-refractivity contribution in [2.45, 2.75) is 20.0 Å². The topological polar surface area (TPSA) is 106 Å². The van der Waals surface area contributed by atoms with E-state index in [0.717, 1.165) is 33.6 Å². The van der Waals surface area contributed by atoms with Gasteiger partial charge >= 0.3 is 5.97 Å². The van der Waals surface area contributed by atoms with Crippen molar-refractivity contribution in [3.05, 3.63) is 108 Å². The molecule has 0 aliphatic carbocycles. The van der Waals surface area contributed by atoms with Gasteiger partial charge in [-0.15, -0.1) is 5.10 Å². The summed E-state index contributed by atoms with van der Waals surface area (Å²) in [6.45, 7) is 3.34. The minimum absolute atomic E-state index is 0.420. The van der Waals surface area contributed by atoms with Gasteiger partial charge < -0.3 is 14.2 Å². The van der Waals surface area contributed by atoms with Crippen molar-refractivity contribution in [3.8, 4) is 34.3 Å². The summed E-state index contributed by atoms with van der Waals surface area (Å²) in [6, 6.07) is 30.1. The maximum atomic E-state index is 12.6. The zero-order chi connectivity index (χ0) is 29.8. The maximum Gasteiger partial charge on any atom is 0.340 e. The molecule has 43 heavy (non-hydrogen) atoms. The molecule has 0 amide bonds. The first-order valence-corrected chi connectivity index (χ1v) is 13.9. The van der Waals surface area contributed by atoms with Crippen LogP contribution in [0.15, 0.2) is 91.0 Å². The standard InChI is InChI=1S/C33H30N6O4/c1-4-43-33-34-29-11-7-10-28(32(40)42-3)30(29)38(33)20-22-12-16-24(17-13-22)26-8-5-6-9-27(26)31-35-36-37-39(31)21-23-14-18-25(41-2)19-15-23/h5-19H,4,20-21H2,1-3H3. The molecule has 0 bridgehead atoms. The van der Waals surface area contributed by atoms with E-state index in [1.54, 1.807) is 23.9 Å². The molecule has 0 saturated heterocycles. The van der Waals surface area contributed by atoms with Gasteiger partial charge in [0, 0.05) is 5.56 Å². The molecule has 10 nitrogen and oxygen atoms in total. The molecule has 0 N–H and O–H groups in total. The second-order valence-corrected chi connectivity index (χ2v) is 9.83. The average molecular weight is 575 g/mol. The minimum atomic E-state index is -0.420. The molecule has 0 spiro atoms. The molecule has 10 heteroatoms. The van der Waals surface area contributed by atoms with Crippen LogP contribution in [0, 0.1) is 0 Å². The number of methoxy groups -OCH3 is 2. The van der Waals surface area contributed by atoms with Crippen molar-refractivity contribution in [3.63, 3.8) is 0 Å². The van der Waals surface area contributed by atoms with Crippen LogP contribution < -0.4 is 9.47 Å². The van der Waals surface area contributed by atoms with Crippen LogP contribution in [-0.4, -0.2) is 56.6 Å². The smallest absolute Gasteiger partial charge is 0.340 e. The van der Waals surface area contributed by atoms with Crippen molar-refractivity contribution >= 4 is 17.0 Å². The third-order valence-electron chi connectivity index (χ3n) is 7.21. The number of tetrazole rings is 1. The van der Waals surface area contributed by atoms with Crippen LogP contribution in [0.2, 0.25) is 0 Å². The molecule has 6 aromatic rings.